The number of para-hydroxylation sites is 1. The molecule has 0 amide bonds. The fourth-order valence-corrected chi connectivity index (χ4v) is 2.07. The van der Waals surface area contributed by atoms with Crippen molar-refractivity contribution in [1.82, 2.24) is 14.6 Å². The molecule has 0 aliphatic carbocycles. The van der Waals surface area contributed by atoms with E-state index in [2.05, 4.69) is 15.4 Å². The second-order valence-corrected chi connectivity index (χ2v) is 4.96. The van der Waals surface area contributed by atoms with Gasteiger partial charge in [0.1, 0.15) is 5.75 Å². The van der Waals surface area contributed by atoms with Crippen LogP contribution in [0.2, 0.25) is 5.02 Å². The number of ether oxygens (including phenoxy) is 1. The molecule has 0 bridgehead atoms. The van der Waals surface area contributed by atoms with Crippen molar-refractivity contribution >= 4 is 23.2 Å². The van der Waals surface area contributed by atoms with Gasteiger partial charge in [0, 0.05) is 12.7 Å². The highest BCUT2D eigenvalue weighted by Gasteiger charge is 2.02. The Bertz CT molecular complexity index is 714. The lowest BCUT2D eigenvalue weighted by Gasteiger charge is -2.05. The molecule has 0 saturated carbocycles. The molecule has 21 heavy (non-hydrogen) atoms. The molecule has 108 valence electrons. The number of fused-ring (bicyclic) bond motifs is 1. The van der Waals surface area contributed by atoms with Crippen molar-refractivity contribution in [3.63, 3.8) is 0 Å². The first-order chi connectivity index (χ1) is 10.3. The van der Waals surface area contributed by atoms with Crippen LogP contribution in [0.3, 0.4) is 0 Å². The molecule has 5 nitrogen and oxygen atoms in total. The van der Waals surface area contributed by atoms with Crippen molar-refractivity contribution in [2.75, 3.05) is 18.5 Å². The van der Waals surface area contributed by atoms with Crippen molar-refractivity contribution in [1.29, 1.82) is 0 Å². The largest absolute Gasteiger partial charge is 0.494 e. The second kappa shape index (κ2) is 6.45. The average molecular weight is 303 g/mol. The highest BCUT2D eigenvalue weighted by molar-refractivity contribution is 6.30. The highest BCUT2D eigenvalue weighted by Crippen LogP contribution is 2.11. The summed E-state index contributed by atoms with van der Waals surface area (Å²) in [5.74, 6) is 1.48. The van der Waals surface area contributed by atoms with Crippen LogP contribution in [0.1, 0.15) is 6.42 Å². The zero-order chi connectivity index (χ0) is 14.5. The number of nitrogens with one attached hydrogen (secondary N) is 1. The maximum Gasteiger partial charge on any atom is 0.243 e. The van der Waals surface area contributed by atoms with Gasteiger partial charge >= 0.3 is 0 Å². The third kappa shape index (κ3) is 3.64. The molecule has 1 aromatic carbocycles. The third-order valence-electron chi connectivity index (χ3n) is 2.91. The number of benzene rings is 1. The summed E-state index contributed by atoms with van der Waals surface area (Å²) in [6.07, 6.45) is 2.60. The van der Waals surface area contributed by atoms with Crippen LogP contribution in [0.15, 0.2) is 48.7 Å². The van der Waals surface area contributed by atoms with Crippen LogP contribution in [0, 0.1) is 0 Å². The molecule has 0 saturated heterocycles. The summed E-state index contributed by atoms with van der Waals surface area (Å²) in [4.78, 5) is 4.35. The molecule has 0 atom stereocenters. The fourth-order valence-electron chi connectivity index (χ4n) is 1.91. The topological polar surface area (TPSA) is 51.5 Å². The van der Waals surface area contributed by atoms with Gasteiger partial charge < -0.3 is 10.1 Å². The number of hydrogen-bond donors (Lipinski definition) is 1. The Hall–Kier alpha value is -2.27. The number of pyridine rings is 1. The molecular formula is C15H15ClN4O. The van der Waals surface area contributed by atoms with Crippen molar-refractivity contribution < 1.29 is 4.74 Å². The van der Waals surface area contributed by atoms with Gasteiger partial charge in [-0.25, -0.2) is 4.52 Å². The first-order valence-corrected chi connectivity index (χ1v) is 7.13. The Morgan fingerprint density at radius 3 is 2.86 bits per heavy atom. The summed E-state index contributed by atoms with van der Waals surface area (Å²) in [6.45, 7) is 1.40. The van der Waals surface area contributed by atoms with Crippen LogP contribution in [-0.2, 0) is 0 Å². The van der Waals surface area contributed by atoms with Gasteiger partial charge in [0.25, 0.3) is 0 Å². The molecule has 2 heterocycles. The normalized spacial score (nSPS) is 10.7. The molecule has 0 spiro atoms. The summed E-state index contributed by atoms with van der Waals surface area (Å²) in [7, 11) is 0. The number of rotatable bonds is 6. The van der Waals surface area contributed by atoms with E-state index in [1.807, 2.05) is 36.4 Å². The van der Waals surface area contributed by atoms with Crippen molar-refractivity contribution in [3.8, 4) is 5.75 Å². The summed E-state index contributed by atoms with van der Waals surface area (Å²) >= 11 is 5.91. The first kappa shape index (κ1) is 13.7. The van der Waals surface area contributed by atoms with Gasteiger partial charge in [-0.15, -0.1) is 5.10 Å². The molecule has 6 heteroatoms. The number of anilines is 1. The Morgan fingerprint density at radius 1 is 1.14 bits per heavy atom. The van der Waals surface area contributed by atoms with Gasteiger partial charge in [-0.3, -0.25) is 0 Å². The summed E-state index contributed by atoms with van der Waals surface area (Å²) in [5, 5.41) is 8.11. The minimum absolute atomic E-state index is 0.594. The van der Waals surface area contributed by atoms with E-state index < -0.39 is 0 Å². The quantitative estimate of drug-likeness (QED) is 0.710. The van der Waals surface area contributed by atoms with E-state index in [0.29, 0.717) is 17.6 Å². The molecule has 0 radical (unpaired) electrons. The lowest BCUT2D eigenvalue weighted by atomic mass is 10.3. The van der Waals surface area contributed by atoms with Crippen molar-refractivity contribution in [2.45, 2.75) is 6.42 Å². The predicted octanol–water partition coefficient (Wildman–Crippen LogP) is 3.26. The Labute approximate surface area is 127 Å². The molecule has 3 rings (SSSR count). The van der Waals surface area contributed by atoms with Crippen LogP contribution in [0.5, 0.6) is 5.75 Å². The van der Waals surface area contributed by atoms with E-state index in [1.54, 1.807) is 16.8 Å². The van der Waals surface area contributed by atoms with E-state index in [1.165, 1.54) is 0 Å². The molecule has 0 aliphatic rings. The zero-order valence-electron chi connectivity index (χ0n) is 11.4. The minimum atomic E-state index is 0.594. The molecule has 0 aliphatic heterocycles. The predicted molar refractivity (Wildman–Crippen MR) is 83.0 cm³/mol. The molecule has 2 aromatic heterocycles. The molecule has 0 fully saturated rings. The highest BCUT2D eigenvalue weighted by atomic mass is 35.5. The Morgan fingerprint density at radius 2 is 2.00 bits per heavy atom. The maximum atomic E-state index is 5.91. The Kier molecular flexibility index (Phi) is 4.21. The number of nitrogens with zero attached hydrogens (tertiary/aromatic N) is 3. The zero-order valence-corrected chi connectivity index (χ0v) is 12.1. The van der Waals surface area contributed by atoms with Crippen LogP contribution in [0.25, 0.3) is 5.65 Å². The monoisotopic (exact) mass is 302 g/mol. The fraction of sp³-hybridized carbons (Fsp3) is 0.200. The van der Waals surface area contributed by atoms with Crippen LogP contribution in [0.4, 0.5) is 5.95 Å². The van der Waals surface area contributed by atoms with Gasteiger partial charge in [-0.2, -0.15) is 4.98 Å². The van der Waals surface area contributed by atoms with E-state index in [-0.39, 0.29) is 0 Å². The molecular weight excluding hydrogens is 288 g/mol. The lowest BCUT2D eigenvalue weighted by Crippen LogP contribution is -2.08. The van der Waals surface area contributed by atoms with Gasteiger partial charge in [0.2, 0.25) is 5.95 Å². The number of hydrogen-bond acceptors (Lipinski definition) is 4. The van der Waals surface area contributed by atoms with E-state index in [0.717, 1.165) is 24.4 Å². The maximum absolute atomic E-state index is 5.91. The van der Waals surface area contributed by atoms with Crippen LogP contribution >= 0.6 is 11.6 Å². The standard InChI is InChI=1S/C15H15ClN4O/c16-12-7-8-14-18-15(19-20(14)11-12)17-9-4-10-21-13-5-2-1-3-6-13/h1-3,5-8,11H,4,9-10H2,(H,17,19). The van der Waals surface area contributed by atoms with Crippen molar-refractivity contribution in [3.05, 3.63) is 53.7 Å². The van der Waals surface area contributed by atoms with Crippen molar-refractivity contribution in [2.24, 2.45) is 0 Å². The van der Waals surface area contributed by atoms with Gasteiger partial charge in [0.15, 0.2) is 5.65 Å². The summed E-state index contributed by atoms with van der Waals surface area (Å²) in [6, 6.07) is 13.4. The summed E-state index contributed by atoms with van der Waals surface area (Å²) < 4.78 is 7.27. The van der Waals surface area contributed by atoms with E-state index in [4.69, 9.17) is 16.3 Å². The summed E-state index contributed by atoms with van der Waals surface area (Å²) in [5.41, 5.74) is 0.766. The smallest absolute Gasteiger partial charge is 0.243 e. The molecule has 0 unspecified atom stereocenters. The first-order valence-electron chi connectivity index (χ1n) is 6.75. The Balaban J connectivity index is 1.46. The van der Waals surface area contributed by atoms with Gasteiger partial charge in [-0.05, 0) is 30.7 Å². The van der Waals surface area contributed by atoms with E-state index in [9.17, 15) is 0 Å². The molecule has 3 aromatic rings. The number of aromatic nitrogens is 3. The molecule has 1 N–H and O–H groups in total. The van der Waals surface area contributed by atoms with Crippen LogP contribution < -0.4 is 10.1 Å². The third-order valence-corrected chi connectivity index (χ3v) is 3.13. The lowest BCUT2D eigenvalue weighted by molar-refractivity contribution is 0.315. The minimum Gasteiger partial charge on any atom is -0.494 e. The van der Waals surface area contributed by atoms with Gasteiger partial charge in [0.05, 0.1) is 11.6 Å². The van der Waals surface area contributed by atoms with E-state index >= 15 is 0 Å². The second-order valence-electron chi connectivity index (χ2n) is 4.53. The average Bonchev–Trinajstić information content (AvgIpc) is 2.90. The SMILES string of the molecule is Clc1ccc2nc(NCCCOc3ccccc3)nn2c1. The van der Waals surface area contributed by atoms with Crippen LogP contribution in [-0.4, -0.2) is 27.7 Å². The number of halogens is 1. The van der Waals surface area contributed by atoms with Gasteiger partial charge in [-0.1, -0.05) is 29.8 Å².